The minimum absolute atomic E-state index is 0.0256. The molecule has 0 N–H and O–H groups in total. The highest BCUT2D eigenvalue weighted by atomic mass is 16.6. The Morgan fingerprint density at radius 3 is 2.94 bits per heavy atom. The summed E-state index contributed by atoms with van der Waals surface area (Å²) in [5, 5.41) is 10.8. The van der Waals surface area contributed by atoms with Crippen LogP contribution in [0.5, 0.6) is 0 Å². The second kappa shape index (κ2) is 2.75. The Bertz CT molecular complexity index is 712. The monoisotopic (exact) mass is 219 g/mol. The molecule has 80 valence electrons. The number of aromatic nitrogens is 5. The minimum Gasteiger partial charge on any atom is -0.358 e. The van der Waals surface area contributed by atoms with Crippen LogP contribution in [0, 0.1) is 10.1 Å². The quantitative estimate of drug-likeness (QED) is 0.320. The fourth-order valence-corrected chi connectivity index (χ4v) is 1.77. The summed E-state index contributed by atoms with van der Waals surface area (Å²) in [4.78, 5) is 18.6. The van der Waals surface area contributed by atoms with Gasteiger partial charge in [-0.05, 0) is 9.44 Å². The molecule has 0 aromatic carbocycles. The maximum Gasteiger partial charge on any atom is 0.396 e. The van der Waals surface area contributed by atoms with Crippen LogP contribution in [0.3, 0.4) is 0 Å². The molecule has 0 spiro atoms. The van der Waals surface area contributed by atoms with Crippen LogP contribution in [0.2, 0.25) is 0 Å². The van der Waals surface area contributed by atoms with E-state index in [1.807, 2.05) is 0 Å². The second-order valence-corrected chi connectivity index (χ2v) is 3.29. The lowest BCUT2D eigenvalue weighted by molar-refractivity contribution is -0.604. The van der Waals surface area contributed by atoms with Gasteiger partial charge in [0.15, 0.2) is 0 Å². The van der Waals surface area contributed by atoms with Crippen molar-refractivity contribution in [2.45, 2.75) is 0 Å². The smallest absolute Gasteiger partial charge is 0.358 e. The Kier molecular flexibility index (Phi) is 1.51. The molecule has 3 aromatic heterocycles. The van der Waals surface area contributed by atoms with Crippen LogP contribution in [0.25, 0.3) is 11.3 Å². The first-order chi connectivity index (χ1) is 7.70. The van der Waals surface area contributed by atoms with E-state index >= 15 is 0 Å². The van der Waals surface area contributed by atoms with Gasteiger partial charge in [0.2, 0.25) is 0 Å². The van der Waals surface area contributed by atoms with Crippen LogP contribution in [0.15, 0.2) is 24.7 Å². The van der Waals surface area contributed by atoms with Gasteiger partial charge in [-0.3, -0.25) is 0 Å². The van der Waals surface area contributed by atoms with Crippen molar-refractivity contribution in [1.82, 2.24) is 19.3 Å². The van der Waals surface area contributed by atoms with E-state index in [1.54, 1.807) is 34.8 Å². The van der Waals surface area contributed by atoms with Crippen molar-refractivity contribution >= 4 is 17.1 Å². The molecule has 0 aliphatic carbocycles. The number of nitro groups is 1. The normalized spacial score (nSPS) is 11.3. The Hall–Kier alpha value is -2.51. The summed E-state index contributed by atoms with van der Waals surface area (Å²) in [5.41, 5.74) is 1.17. The molecule has 16 heavy (non-hydrogen) atoms. The molecule has 8 nitrogen and oxygen atoms in total. The van der Waals surface area contributed by atoms with Crippen LogP contribution in [-0.2, 0) is 7.05 Å². The first-order valence-corrected chi connectivity index (χ1v) is 4.53. The van der Waals surface area contributed by atoms with E-state index in [1.165, 1.54) is 10.7 Å². The maximum atomic E-state index is 10.8. The Morgan fingerprint density at radius 1 is 1.44 bits per heavy atom. The molecule has 0 saturated heterocycles. The standard InChI is InChI=1S/C8H7N6O2/c1-11-7-8(10-4-3-9-7)12-5-2-6(13(11)12)14(15)16/h2-5H,1H3/q+1. The zero-order valence-electron chi connectivity index (χ0n) is 8.31. The summed E-state index contributed by atoms with van der Waals surface area (Å²) < 4.78 is 4.58. The third kappa shape index (κ3) is 0.900. The van der Waals surface area contributed by atoms with Crippen LogP contribution >= 0.6 is 0 Å². The van der Waals surface area contributed by atoms with E-state index in [2.05, 4.69) is 9.97 Å². The molecule has 0 fully saturated rings. The maximum absolute atomic E-state index is 10.8. The number of nitrogens with zero attached hydrogens (tertiary/aromatic N) is 6. The lowest BCUT2D eigenvalue weighted by atomic mass is 10.6. The molecule has 0 amide bonds. The summed E-state index contributed by atoms with van der Waals surface area (Å²) in [5.74, 6) is -0.0256. The van der Waals surface area contributed by atoms with Crippen molar-refractivity contribution in [2.75, 3.05) is 0 Å². The number of fused-ring (bicyclic) bond motifs is 3. The second-order valence-electron chi connectivity index (χ2n) is 3.29. The number of rotatable bonds is 1. The van der Waals surface area contributed by atoms with Gasteiger partial charge in [-0.1, -0.05) is 4.68 Å². The van der Waals surface area contributed by atoms with Crippen LogP contribution in [0.4, 0.5) is 5.82 Å². The van der Waals surface area contributed by atoms with Gasteiger partial charge in [0.25, 0.3) is 0 Å². The fourth-order valence-electron chi connectivity index (χ4n) is 1.77. The van der Waals surface area contributed by atoms with Crippen molar-refractivity contribution in [2.24, 2.45) is 7.05 Å². The lowest BCUT2D eigenvalue weighted by Crippen LogP contribution is -2.27. The Morgan fingerprint density at radius 2 is 2.19 bits per heavy atom. The Balaban J connectivity index is 2.58. The molecule has 0 bridgehead atoms. The van der Waals surface area contributed by atoms with Crippen LogP contribution in [-0.4, -0.2) is 24.2 Å². The topological polar surface area (TPSA) is 82.4 Å². The number of hydrogen-bond donors (Lipinski definition) is 0. The van der Waals surface area contributed by atoms with E-state index in [4.69, 9.17) is 0 Å². The third-order valence-electron chi connectivity index (χ3n) is 2.43. The van der Waals surface area contributed by atoms with Gasteiger partial charge in [-0.2, -0.15) is 0 Å². The molecule has 0 saturated carbocycles. The first-order valence-electron chi connectivity index (χ1n) is 4.53. The third-order valence-corrected chi connectivity index (χ3v) is 2.43. The van der Waals surface area contributed by atoms with Crippen molar-refractivity contribution in [3.05, 3.63) is 34.8 Å². The van der Waals surface area contributed by atoms with Gasteiger partial charge in [0.1, 0.15) is 12.4 Å². The predicted molar refractivity (Wildman–Crippen MR) is 51.8 cm³/mol. The highest BCUT2D eigenvalue weighted by Crippen LogP contribution is 2.11. The van der Waals surface area contributed by atoms with E-state index < -0.39 is 4.92 Å². The predicted octanol–water partition coefficient (Wildman–Crippen LogP) is -0.285. The van der Waals surface area contributed by atoms with Gasteiger partial charge >= 0.3 is 17.1 Å². The Labute approximate surface area is 88.5 Å². The summed E-state index contributed by atoms with van der Waals surface area (Å²) in [7, 11) is 1.70. The van der Waals surface area contributed by atoms with E-state index in [0.29, 0.717) is 11.3 Å². The molecule has 3 heterocycles. The molecular weight excluding hydrogens is 212 g/mol. The highest BCUT2D eigenvalue weighted by molar-refractivity contribution is 5.60. The molecule has 0 unspecified atom stereocenters. The lowest BCUT2D eigenvalue weighted by Gasteiger charge is -1.88. The summed E-state index contributed by atoms with van der Waals surface area (Å²) in [6, 6.07) is 1.42. The molecule has 0 aliphatic heterocycles. The molecule has 3 aromatic rings. The van der Waals surface area contributed by atoms with Crippen molar-refractivity contribution in [1.29, 1.82) is 0 Å². The average molecular weight is 219 g/mol. The largest absolute Gasteiger partial charge is 0.396 e. The zero-order valence-corrected chi connectivity index (χ0v) is 8.31. The fraction of sp³-hybridized carbons (Fsp3) is 0.125. The van der Waals surface area contributed by atoms with Gasteiger partial charge in [-0.15, -0.1) is 4.98 Å². The van der Waals surface area contributed by atoms with E-state index in [9.17, 15) is 10.1 Å². The number of hydrogen-bond acceptors (Lipinski definition) is 4. The molecule has 8 heteroatoms. The van der Waals surface area contributed by atoms with Crippen molar-refractivity contribution < 1.29 is 9.44 Å². The van der Waals surface area contributed by atoms with Gasteiger partial charge in [-0.25, -0.2) is 4.98 Å². The highest BCUT2D eigenvalue weighted by Gasteiger charge is 2.27. The zero-order chi connectivity index (χ0) is 11.3. The SMILES string of the molecule is Cn1c2nccnc2[n+]2ccc([N+](=O)[O-])n12. The molecule has 3 rings (SSSR count). The molecule has 0 radical (unpaired) electrons. The van der Waals surface area contributed by atoms with Gasteiger partial charge < -0.3 is 10.1 Å². The minimum atomic E-state index is -0.446. The van der Waals surface area contributed by atoms with Gasteiger partial charge in [0.05, 0.1) is 23.9 Å². The van der Waals surface area contributed by atoms with Crippen molar-refractivity contribution in [3.63, 3.8) is 0 Å². The molecule has 0 aliphatic rings. The van der Waals surface area contributed by atoms with E-state index in [0.717, 1.165) is 0 Å². The van der Waals surface area contributed by atoms with Crippen LogP contribution in [0.1, 0.15) is 0 Å². The van der Waals surface area contributed by atoms with Crippen LogP contribution < -0.4 is 4.52 Å². The first kappa shape index (κ1) is 8.77. The summed E-state index contributed by atoms with van der Waals surface area (Å²) in [6.45, 7) is 0. The average Bonchev–Trinajstić information content (AvgIpc) is 2.81. The summed E-state index contributed by atoms with van der Waals surface area (Å²) >= 11 is 0. The number of aryl methyl sites for hydroxylation is 1. The van der Waals surface area contributed by atoms with E-state index in [-0.39, 0.29) is 5.82 Å². The summed E-state index contributed by atoms with van der Waals surface area (Å²) in [6.07, 6.45) is 4.69. The molecule has 0 atom stereocenters. The molecular formula is C8H7N6O2+. The van der Waals surface area contributed by atoms with Crippen molar-refractivity contribution in [3.8, 4) is 0 Å². The van der Waals surface area contributed by atoms with Gasteiger partial charge in [0, 0.05) is 0 Å².